The maximum Gasteiger partial charge on any atom is 1.00 e. The molecule has 0 unspecified atom stereocenters. The summed E-state index contributed by atoms with van der Waals surface area (Å²) in [6.45, 7) is -0.311. The van der Waals surface area contributed by atoms with Crippen LogP contribution in [0.1, 0.15) is 0 Å². The number of carboxylic acids is 1. The molecule has 0 radical (unpaired) electrons. The summed E-state index contributed by atoms with van der Waals surface area (Å²) in [5.74, 6) is -1.19. The van der Waals surface area contributed by atoms with Crippen LogP contribution in [0.3, 0.4) is 0 Å². The van der Waals surface area contributed by atoms with Gasteiger partial charge in [-0.25, -0.2) is 0 Å². The second-order valence-corrected chi connectivity index (χ2v) is 2.59. The third-order valence-corrected chi connectivity index (χ3v) is 1.60. The number of carboxylic acid groups (broad SMARTS) is 1. The Morgan fingerprint density at radius 3 is 2.21 bits per heavy atom. The molecule has 0 aliphatic carbocycles. The van der Waals surface area contributed by atoms with Crippen LogP contribution in [0.5, 0.6) is 0 Å². The monoisotopic (exact) mass is 183 g/mol. The number of aromatic nitrogens is 3. The Morgan fingerprint density at radius 2 is 1.79 bits per heavy atom. The molecule has 0 N–H and O–H groups in total. The average molecular weight is 183 g/mol. The Bertz CT molecular complexity index is 422. The van der Waals surface area contributed by atoms with Crippen LogP contribution >= 0.6 is 0 Å². The van der Waals surface area contributed by atoms with Crippen molar-refractivity contribution in [2.24, 2.45) is 0 Å². The second kappa shape index (κ2) is 4.27. The van der Waals surface area contributed by atoms with Crippen LogP contribution in [0.2, 0.25) is 0 Å². The summed E-state index contributed by atoms with van der Waals surface area (Å²) < 4.78 is 0. The minimum absolute atomic E-state index is 0. The number of rotatable bonds is 2. The molecule has 0 bridgehead atoms. The van der Waals surface area contributed by atoms with E-state index < -0.39 is 5.97 Å². The summed E-state index contributed by atoms with van der Waals surface area (Å²) in [6.07, 6.45) is 0. The van der Waals surface area contributed by atoms with Crippen molar-refractivity contribution in [3.05, 3.63) is 24.3 Å². The van der Waals surface area contributed by atoms with Crippen molar-refractivity contribution in [2.75, 3.05) is 0 Å². The summed E-state index contributed by atoms with van der Waals surface area (Å²) in [5, 5.41) is 18.1. The van der Waals surface area contributed by atoms with Crippen LogP contribution in [0, 0.1) is 0 Å². The van der Waals surface area contributed by atoms with Crippen molar-refractivity contribution in [2.45, 2.75) is 6.54 Å². The van der Waals surface area contributed by atoms with E-state index in [1.165, 1.54) is 0 Å². The molecule has 0 atom stereocenters. The second-order valence-electron chi connectivity index (χ2n) is 2.59. The van der Waals surface area contributed by atoms with Gasteiger partial charge in [0.15, 0.2) is 0 Å². The van der Waals surface area contributed by atoms with E-state index in [0.29, 0.717) is 11.0 Å². The first-order chi connectivity index (χ1) is 6.25. The first-order valence-corrected chi connectivity index (χ1v) is 3.75. The molecule has 66 valence electrons. The molecular weight excluding hydrogens is 177 g/mol. The van der Waals surface area contributed by atoms with Crippen LogP contribution < -0.4 is 24.0 Å². The number of fused-ring (bicyclic) bond motifs is 1. The molecule has 1 aromatic heterocycles. The quantitative estimate of drug-likeness (QED) is 0.447. The molecule has 0 aliphatic heterocycles. The Morgan fingerprint density at radius 1 is 1.29 bits per heavy atom. The minimum Gasteiger partial charge on any atom is -0.548 e. The summed E-state index contributed by atoms with van der Waals surface area (Å²) >= 11 is 0. The van der Waals surface area contributed by atoms with E-state index in [0.717, 1.165) is 4.80 Å². The number of hydrogen-bond acceptors (Lipinski definition) is 4. The van der Waals surface area contributed by atoms with Crippen molar-refractivity contribution in [3.8, 4) is 0 Å². The largest absolute Gasteiger partial charge is 1.00 e. The van der Waals surface area contributed by atoms with Gasteiger partial charge in [-0.2, -0.15) is 15.0 Å². The van der Waals surface area contributed by atoms with Crippen molar-refractivity contribution >= 4 is 17.0 Å². The topological polar surface area (TPSA) is 70.8 Å². The molecule has 0 saturated heterocycles. The molecule has 6 heteroatoms. The van der Waals surface area contributed by atoms with E-state index >= 15 is 0 Å². The van der Waals surface area contributed by atoms with Gasteiger partial charge in [0, 0.05) is 0 Å². The van der Waals surface area contributed by atoms with E-state index in [1.54, 1.807) is 12.1 Å². The van der Waals surface area contributed by atoms with Crippen LogP contribution in [-0.2, 0) is 11.3 Å². The van der Waals surface area contributed by atoms with Gasteiger partial charge in [0.1, 0.15) is 17.6 Å². The first-order valence-electron chi connectivity index (χ1n) is 3.75. The van der Waals surface area contributed by atoms with Gasteiger partial charge >= 0.3 is 18.9 Å². The van der Waals surface area contributed by atoms with Crippen LogP contribution in [-0.4, -0.2) is 21.0 Å². The molecule has 0 spiro atoms. The molecule has 0 amide bonds. The molecule has 2 rings (SSSR count). The van der Waals surface area contributed by atoms with Gasteiger partial charge in [-0.1, -0.05) is 12.1 Å². The third kappa shape index (κ3) is 2.13. The fourth-order valence-electron chi connectivity index (χ4n) is 1.09. The smallest absolute Gasteiger partial charge is 0.548 e. The Kier molecular flexibility index (Phi) is 3.28. The van der Waals surface area contributed by atoms with Gasteiger partial charge < -0.3 is 9.90 Å². The normalized spacial score (nSPS) is 9.71. The summed E-state index contributed by atoms with van der Waals surface area (Å²) in [7, 11) is 0. The molecule has 5 nitrogen and oxygen atoms in total. The molecule has 14 heavy (non-hydrogen) atoms. The zero-order valence-corrected chi connectivity index (χ0v) is 7.67. The first kappa shape index (κ1) is 10.8. The fourth-order valence-corrected chi connectivity index (χ4v) is 1.09. The number of aliphatic carboxylic acids is 1. The van der Waals surface area contributed by atoms with Gasteiger partial charge in [0.25, 0.3) is 0 Å². The van der Waals surface area contributed by atoms with Crippen molar-refractivity contribution in [1.82, 2.24) is 15.0 Å². The Hall–Kier alpha value is -1.31. The minimum atomic E-state index is -1.19. The van der Waals surface area contributed by atoms with E-state index in [4.69, 9.17) is 0 Å². The maximum absolute atomic E-state index is 10.2. The van der Waals surface area contributed by atoms with Crippen LogP contribution in [0.25, 0.3) is 11.0 Å². The fraction of sp³-hybridized carbons (Fsp3) is 0.125. The predicted octanol–water partition coefficient (Wildman–Crippen LogP) is -3.81. The van der Waals surface area contributed by atoms with Crippen LogP contribution in [0.4, 0.5) is 0 Å². The molecule has 1 heterocycles. The molecule has 2 aromatic rings. The number of hydrogen-bond donors (Lipinski definition) is 0. The summed E-state index contributed by atoms with van der Waals surface area (Å²) in [6, 6.07) is 7.18. The maximum atomic E-state index is 10.2. The van der Waals surface area contributed by atoms with Crippen molar-refractivity contribution in [1.29, 1.82) is 0 Å². The van der Waals surface area contributed by atoms with Gasteiger partial charge in [0.2, 0.25) is 0 Å². The van der Waals surface area contributed by atoms with Crippen molar-refractivity contribution in [3.63, 3.8) is 0 Å². The van der Waals surface area contributed by atoms with E-state index in [9.17, 15) is 9.90 Å². The average Bonchev–Trinajstić information content (AvgIpc) is 2.44. The number of benzene rings is 1. The zero-order chi connectivity index (χ0) is 9.26. The number of carbonyl (C=O) groups excluding carboxylic acids is 1. The Balaban J connectivity index is 0.000000980. The SMILES string of the molecule is O=C([O-])Cn1nc2ccccc2n1.[Li+]. The summed E-state index contributed by atoms with van der Waals surface area (Å²) in [5.41, 5.74) is 1.37. The number of carbonyl (C=O) groups is 1. The predicted molar refractivity (Wildman–Crippen MR) is 42.5 cm³/mol. The zero-order valence-electron chi connectivity index (χ0n) is 7.67. The van der Waals surface area contributed by atoms with E-state index in [1.807, 2.05) is 12.1 Å². The summed E-state index contributed by atoms with van der Waals surface area (Å²) in [4.78, 5) is 11.3. The van der Waals surface area contributed by atoms with Gasteiger partial charge in [-0.15, -0.1) is 0 Å². The Labute approximate surface area is 91.9 Å². The van der Waals surface area contributed by atoms with Crippen molar-refractivity contribution < 1.29 is 28.8 Å². The molecular formula is C8H6LiN3O2. The molecule has 0 aliphatic rings. The van der Waals surface area contributed by atoms with E-state index in [2.05, 4.69) is 10.2 Å². The van der Waals surface area contributed by atoms with Gasteiger partial charge in [0.05, 0.1) is 5.97 Å². The number of nitrogens with zero attached hydrogens (tertiary/aromatic N) is 3. The standard InChI is InChI=1S/C8H7N3O2.Li/c12-8(13)5-11-9-6-3-1-2-4-7(6)10-11;/h1-4H,5H2,(H,12,13);/q;+1/p-1. The van der Waals surface area contributed by atoms with Gasteiger partial charge in [-0.3, -0.25) is 0 Å². The molecule has 0 saturated carbocycles. The molecule has 0 fully saturated rings. The van der Waals surface area contributed by atoms with E-state index in [-0.39, 0.29) is 25.4 Å². The van der Waals surface area contributed by atoms with Gasteiger partial charge in [-0.05, 0) is 12.1 Å². The molecule has 1 aromatic carbocycles. The third-order valence-electron chi connectivity index (χ3n) is 1.60. The van der Waals surface area contributed by atoms with Crippen LogP contribution in [0.15, 0.2) is 24.3 Å².